The Morgan fingerprint density at radius 1 is 1.44 bits per heavy atom. The van der Waals surface area contributed by atoms with Gasteiger partial charge in [0, 0.05) is 6.42 Å². The van der Waals surface area contributed by atoms with Crippen LogP contribution in [0, 0.1) is 0 Å². The first-order valence-corrected chi connectivity index (χ1v) is 6.02. The summed E-state index contributed by atoms with van der Waals surface area (Å²) in [5.41, 5.74) is 0.178. The fourth-order valence-electron chi connectivity index (χ4n) is 1.15. The second-order valence-corrected chi connectivity index (χ2v) is 4.61. The number of rotatable bonds is 4. The highest BCUT2D eigenvalue weighted by atomic mass is 32.2. The zero-order valence-electron chi connectivity index (χ0n) is 8.51. The third-order valence-corrected chi connectivity index (χ3v) is 2.77. The lowest BCUT2D eigenvalue weighted by Crippen LogP contribution is -2.17. The van der Waals surface area contributed by atoms with Crippen molar-refractivity contribution >= 4 is 21.6 Å². The van der Waals surface area contributed by atoms with Crippen molar-refractivity contribution in [2.24, 2.45) is 5.14 Å². The molecule has 1 aromatic carbocycles. The minimum atomic E-state index is -3.83. The summed E-state index contributed by atoms with van der Waals surface area (Å²) in [5, 5.41) is 7.46. The van der Waals surface area contributed by atoms with E-state index in [1.807, 2.05) is 0 Å². The Morgan fingerprint density at radius 2 is 2.06 bits per heavy atom. The second kappa shape index (κ2) is 4.91. The molecule has 0 aliphatic rings. The number of carbonyl (C=O) groups excluding carboxylic acids is 1. The molecular formula is C10H12N2O3S. The van der Waals surface area contributed by atoms with Gasteiger partial charge in [0.25, 0.3) is 0 Å². The fourth-order valence-corrected chi connectivity index (χ4v) is 1.84. The molecule has 1 amide bonds. The quantitative estimate of drug-likeness (QED) is 0.764. The van der Waals surface area contributed by atoms with Crippen molar-refractivity contribution in [2.75, 3.05) is 5.32 Å². The number of carbonyl (C=O) groups is 1. The van der Waals surface area contributed by atoms with Crippen LogP contribution in [0.25, 0.3) is 0 Å². The zero-order chi connectivity index (χ0) is 12.2. The van der Waals surface area contributed by atoms with Crippen LogP contribution in [-0.4, -0.2) is 14.3 Å². The summed E-state index contributed by atoms with van der Waals surface area (Å²) in [4.78, 5) is 11.2. The van der Waals surface area contributed by atoms with Crippen molar-refractivity contribution in [3.8, 4) is 0 Å². The summed E-state index contributed by atoms with van der Waals surface area (Å²) in [5.74, 6) is -0.342. The molecule has 0 radical (unpaired) electrons. The number of anilines is 1. The van der Waals surface area contributed by atoms with Gasteiger partial charge in [0.1, 0.15) is 4.90 Å². The summed E-state index contributed by atoms with van der Waals surface area (Å²) in [6, 6.07) is 5.95. The number of primary sulfonamides is 1. The summed E-state index contributed by atoms with van der Waals surface area (Å²) in [6.45, 7) is 3.41. The van der Waals surface area contributed by atoms with E-state index < -0.39 is 10.0 Å². The summed E-state index contributed by atoms with van der Waals surface area (Å²) < 4.78 is 22.4. The number of nitrogens with two attached hydrogens (primary N) is 1. The van der Waals surface area contributed by atoms with Gasteiger partial charge in [0.15, 0.2) is 0 Å². The van der Waals surface area contributed by atoms with Crippen LogP contribution in [0.1, 0.15) is 6.42 Å². The molecule has 16 heavy (non-hydrogen) atoms. The average Bonchev–Trinajstić information content (AvgIpc) is 2.17. The van der Waals surface area contributed by atoms with Crippen molar-refractivity contribution in [1.29, 1.82) is 0 Å². The molecule has 0 atom stereocenters. The predicted molar refractivity (Wildman–Crippen MR) is 61.3 cm³/mol. The van der Waals surface area contributed by atoms with Gasteiger partial charge in [-0.25, -0.2) is 13.6 Å². The number of amides is 1. The van der Waals surface area contributed by atoms with Gasteiger partial charge < -0.3 is 5.32 Å². The Bertz CT molecular complexity index is 509. The molecule has 0 unspecified atom stereocenters. The minimum absolute atomic E-state index is 0.104. The monoisotopic (exact) mass is 240 g/mol. The maximum Gasteiger partial charge on any atom is 0.240 e. The molecule has 1 rings (SSSR count). The molecular weight excluding hydrogens is 228 g/mol. The van der Waals surface area contributed by atoms with Gasteiger partial charge in [-0.05, 0) is 12.1 Å². The number of hydrogen-bond acceptors (Lipinski definition) is 3. The maximum absolute atomic E-state index is 11.3. The Kier molecular flexibility index (Phi) is 3.81. The molecule has 0 aromatic heterocycles. The highest BCUT2D eigenvalue weighted by Gasteiger charge is 2.14. The standard InChI is InChI=1S/C10H12N2O3S/c1-2-5-10(13)12-8-6-3-4-7-9(8)16(11,14)15/h2-4,6-7H,1,5H2,(H,12,13)(H2,11,14,15). The van der Waals surface area contributed by atoms with Gasteiger partial charge >= 0.3 is 0 Å². The van der Waals surface area contributed by atoms with Crippen LogP contribution >= 0.6 is 0 Å². The summed E-state index contributed by atoms with van der Waals surface area (Å²) in [7, 11) is -3.83. The number of para-hydroxylation sites is 1. The third kappa shape index (κ3) is 3.18. The van der Waals surface area contributed by atoms with E-state index >= 15 is 0 Å². The van der Waals surface area contributed by atoms with E-state index in [0.29, 0.717) is 0 Å². The fraction of sp³-hybridized carbons (Fsp3) is 0.100. The Labute approximate surface area is 94.0 Å². The molecule has 1 aromatic rings. The third-order valence-electron chi connectivity index (χ3n) is 1.80. The molecule has 6 heteroatoms. The van der Waals surface area contributed by atoms with E-state index in [9.17, 15) is 13.2 Å². The molecule has 0 saturated carbocycles. The van der Waals surface area contributed by atoms with Gasteiger partial charge in [0.05, 0.1) is 5.69 Å². The normalized spacial score (nSPS) is 10.8. The van der Waals surface area contributed by atoms with Crippen molar-refractivity contribution in [3.63, 3.8) is 0 Å². The maximum atomic E-state index is 11.3. The highest BCUT2D eigenvalue weighted by molar-refractivity contribution is 7.89. The predicted octanol–water partition coefficient (Wildman–Crippen LogP) is 0.849. The van der Waals surface area contributed by atoms with Crippen molar-refractivity contribution in [2.45, 2.75) is 11.3 Å². The van der Waals surface area contributed by atoms with E-state index in [1.165, 1.54) is 24.3 Å². The minimum Gasteiger partial charge on any atom is -0.325 e. The van der Waals surface area contributed by atoms with E-state index in [4.69, 9.17) is 5.14 Å². The Balaban J connectivity index is 3.05. The molecule has 0 spiro atoms. The van der Waals surface area contributed by atoms with Gasteiger partial charge in [-0.1, -0.05) is 18.2 Å². The van der Waals surface area contributed by atoms with Gasteiger partial charge in [0.2, 0.25) is 15.9 Å². The smallest absolute Gasteiger partial charge is 0.240 e. The lowest BCUT2D eigenvalue weighted by molar-refractivity contribution is -0.115. The molecule has 3 N–H and O–H groups in total. The Morgan fingerprint density at radius 3 is 2.62 bits per heavy atom. The molecule has 86 valence electrons. The number of nitrogens with one attached hydrogen (secondary N) is 1. The van der Waals surface area contributed by atoms with Gasteiger partial charge in [-0.15, -0.1) is 6.58 Å². The number of benzene rings is 1. The average molecular weight is 240 g/mol. The van der Waals surface area contributed by atoms with Crippen LogP contribution in [0.4, 0.5) is 5.69 Å². The first kappa shape index (κ1) is 12.4. The van der Waals surface area contributed by atoms with E-state index in [2.05, 4.69) is 11.9 Å². The molecule has 0 aliphatic heterocycles. The van der Waals surface area contributed by atoms with Crippen LogP contribution in [-0.2, 0) is 14.8 Å². The number of hydrogen-bond donors (Lipinski definition) is 2. The topological polar surface area (TPSA) is 89.3 Å². The molecule has 0 saturated heterocycles. The van der Waals surface area contributed by atoms with Crippen LogP contribution in [0.2, 0.25) is 0 Å². The van der Waals surface area contributed by atoms with Crippen LogP contribution in [0.3, 0.4) is 0 Å². The first-order chi connectivity index (χ1) is 7.45. The van der Waals surface area contributed by atoms with E-state index in [-0.39, 0.29) is 22.9 Å². The lowest BCUT2D eigenvalue weighted by atomic mass is 10.3. The van der Waals surface area contributed by atoms with Crippen molar-refractivity contribution < 1.29 is 13.2 Å². The molecule has 0 bridgehead atoms. The zero-order valence-corrected chi connectivity index (χ0v) is 9.33. The van der Waals surface area contributed by atoms with Gasteiger partial charge in [-0.3, -0.25) is 4.79 Å². The van der Waals surface area contributed by atoms with Crippen molar-refractivity contribution in [3.05, 3.63) is 36.9 Å². The largest absolute Gasteiger partial charge is 0.325 e. The SMILES string of the molecule is C=CCC(=O)Nc1ccccc1S(N)(=O)=O. The Hall–Kier alpha value is -1.66. The first-order valence-electron chi connectivity index (χ1n) is 4.47. The molecule has 0 aliphatic carbocycles. The summed E-state index contributed by atoms with van der Waals surface area (Å²) >= 11 is 0. The lowest BCUT2D eigenvalue weighted by Gasteiger charge is -2.08. The molecule has 5 nitrogen and oxygen atoms in total. The van der Waals surface area contributed by atoms with Crippen LogP contribution in [0.15, 0.2) is 41.8 Å². The van der Waals surface area contributed by atoms with Gasteiger partial charge in [-0.2, -0.15) is 0 Å². The van der Waals surface area contributed by atoms with E-state index in [1.54, 1.807) is 6.07 Å². The second-order valence-electron chi connectivity index (χ2n) is 3.08. The van der Waals surface area contributed by atoms with E-state index in [0.717, 1.165) is 0 Å². The number of sulfonamides is 1. The van der Waals surface area contributed by atoms with Crippen LogP contribution in [0.5, 0.6) is 0 Å². The van der Waals surface area contributed by atoms with Crippen LogP contribution < -0.4 is 10.5 Å². The van der Waals surface area contributed by atoms with Crippen molar-refractivity contribution in [1.82, 2.24) is 0 Å². The highest BCUT2D eigenvalue weighted by Crippen LogP contribution is 2.19. The summed E-state index contributed by atoms with van der Waals surface area (Å²) in [6.07, 6.45) is 1.54. The molecule has 0 fully saturated rings. The molecule has 0 heterocycles.